The molecule has 8 aliphatic carbocycles. The summed E-state index contributed by atoms with van der Waals surface area (Å²) in [5, 5.41) is 0. The number of unbranched alkanes of at least 4 members (excludes halogenated alkanes) is 21. The summed E-state index contributed by atoms with van der Waals surface area (Å²) in [5.41, 5.74) is 9.49. The maximum absolute atomic E-state index is 12.3. The van der Waals surface area contributed by atoms with Crippen molar-refractivity contribution in [2.45, 2.75) is 483 Å². The Bertz CT molecular complexity index is 3370. The van der Waals surface area contributed by atoms with Gasteiger partial charge in [-0.2, -0.15) is 0 Å². The first kappa shape index (κ1) is 105. The zero-order valence-corrected chi connectivity index (χ0v) is 83.1. The second-order valence-electron chi connectivity index (χ2n) is 42.6. The van der Waals surface area contributed by atoms with E-state index < -0.39 is 0 Å². The molecule has 0 bridgehead atoms. The molecule has 4 aromatic rings. The van der Waals surface area contributed by atoms with E-state index in [9.17, 15) is 4.79 Å². The van der Waals surface area contributed by atoms with Crippen LogP contribution < -0.4 is 9.47 Å². The average molecular weight is 1750 g/mol. The van der Waals surface area contributed by atoms with E-state index in [2.05, 4.69) is 146 Å². The van der Waals surface area contributed by atoms with Crippen molar-refractivity contribution < 1.29 is 38.0 Å². The highest BCUT2D eigenvalue weighted by atomic mass is 16.5. The first-order chi connectivity index (χ1) is 62.5. The Morgan fingerprint density at radius 2 is 0.717 bits per heavy atom. The molecule has 127 heavy (non-hydrogen) atoms. The van der Waals surface area contributed by atoms with E-state index >= 15 is 0 Å². The smallest absolute Gasteiger partial charge is 0.311 e. The molecule has 8 fully saturated rings. The van der Waals surface area contributed by atoms with Crippen molar-refractivity contribution in [3.63, 3.8) is 0 Å². The molecule has 8 aliphatic rings. The molecule has 0 amide bonds. The van der Waals surface area contributed by atoms with Crippen molar-refractivity contribution in [3.8, 4) is 22.6 Å². The molecule has 12 rings (SSSR count). The first-order valence-electron chi connectivity index (χ1n) is 55.4. The summed E-state index contributed by atoms with van der Waals surface area (Å²) >= 11 is 0. The van der Waals surface area contributed by atoms with Crippen LogP contribution in [0.25, 0.3) is 11.1 Å². The van der Waals surface area contributed by atoms with E-state index in [0.717, 1.165) is 199 Å². The lowest BCUT2D eigenvalue weighted by Crippen LogP contribution is -2.29. The van der Waals surface area contributed by atoms with Crippen LogP contribution in [0.5, 0.6) is 11.5 Å². The van der Waals surface area contributed by atoms with E-state index in [1.54, 1.807) is 5.56 Å². The molecular formula is C119H192O8. The van der Waals surface area contributed by atoms with Gasteiger partial charge in [0.05, 0.1) is 44.2 Å². The van der Waals surface area contributed by atoms with Crippen LogP contribution in [0.4, 0.5) is 0 Å². The maximum Gasteiger partial charge on any atom is 0.311 e. The number of rotatable bonds is 54. The third kappa shape index (κ3) is 41.6. The molecular weight excluding hydrogens is 1560 g/mol. The predicted octanol–water partition coefficient (Wildman–Crippen LogP) is 34.6. The molecule has 716 valence electrons. The minimum Gasteiger partial charge on any atom is -0.494 e. The van der Waals surface area contributed by atoms with Crippen molar-refractivity contribution in [2.24, 2.45) is 59.2 Å². The molecule has 8 saturated carbocycles. The first-order valence-corrected chi connectivity index (χ1v) is 55.4. The zero-order valence-electron chi connectivity index (χ0n) is 83.1. The standard InChI is InChI=1S/C46H76O2.C42H72O4.C31H44O2/c1-4-6-8-10-11-12-13-15-16-18-38-22-28-41(29-23-38)42-30-24-39(25-31-42)20-21-40-26-32-43(33-27-40)44-34-35-45(37(3)36-44)48-46(47)19-17-14-9-7-5-2;1-3-4-5-6-9-14-36-17-23-39(24-18-36)43-31-10-7-8-11-32-44-41-27-29-42(30-28-41)46-34-13-12-33-45-40-25-21-38(22-26-40)37-19-15-35(2)16-20-37;1-3-4-21-32-22-23-33-31-19-17-30(18-20-31)29-15-13-28(14-16-29)27-11-9-26(10-12-27)25-7-5-24(2)6-8-25/h20-21,34-36,38-43H,4-19,22-33H2,1-3H3;17-18,23-24,35,37-38,40-42H,3-16,19-22,25-34H2,1-2H3;5-12,28-31H,3-4,13-23H2,1-2H3. The topological polar surface area (TPSA) is 81.7 Å². The van der Waals surface area contributed by atoms with Gasteiger partial charge in [0.2, 0.25) is 0 Å². The van der Waals surface area contributed by atoms with Crippen molar-refractivity contribution >= 4 is 5.97 Å². The highest BCUT2D eigenvalue weighted by Crippen LogP contribution is 2.47. The molecule has 8 nitrogen and oxygen atoms in total. The molecule has 0 N–H and O–H groups in total. The normalized spacial score (nSPS) is 26.5. The van der Waals surface area contributed by atoms with E-state index in [-0.39, 0.29) is 5.97 Å². The average Bonchev–Trinajstić information content (AvgIpc) is 0.841. The minimum absolute atomic E-state index is 0.0786. The molecule has 0 heterocycles. The second kappa shape index (κ2) is 63.8. The Kier molecular flexibility index (Phi) is 52.6. The number of ether oxygens (including phenoxy) is 7. The fourth-order valence-corrected chi connectivity index (χ4v) is 23.8. The number of hydrogen-bond acceptors (Lipinski definition) is 8. The summed E-state index contributed by atoms with van der Waals surface area (Å²) in [6.45, 7) is 21.6. The summed E-state index contributed by atoms with van der Waals surface area (Å²) in [5.74, 6) is 12.6. The fraction of sp³-hybridized carbons (Fsp3) is 0.773. The van der Waals surface area contributed by atoms with E-state index in [4.69, 9.17) is 33.2 Å². The summed E-state index contributed by atoms with van der Waals surface area (Å²) in [6.07, 6.45) is 89.1. The minimum atomic E-state index is -0.0786. The van der Waals surface area contributed by atoms with Gasteiger partial charge in [-0.15, -0.1) is 0 Å². The third-order valence-electron chi connectivity index (χ3n) is 32.5. The van der Waals surface area contributed by atoms with E-state index in [0.29, 0.717) is 36.8 Å². The number of allylic oxidation sites excluding steroid dienone is 2. The summed E-state index contributed by atoms with van der Waals surface area (Å²) in [6, 6.07) is 33.6. The molecule has 0 unspecified atom stereocenters. The summed E-state index contributed by atoms with van der Waals surface area (Å²) in [4.78, 5) is 12.3. The van der Waals surface area contributed by atoms with Crippen LogP contribution in [-0.2, 0) is 34.9 Å². The third-order valence-corrected chi connectivity index (χ3v) is 32.5. The number of carbonyl (C=O) groups is 1. The zero-order chi connectivity index (χ0) is 88.8. The molecule has 0 aromatic heterocycles. The van der Waals surface area contributed by atoms with Gasteiger partial charge in [0.25, 0.3) is 0 Å². The SMILES string of the molecule is CCCCCCCCCCCC1CCC(C2CCC(C=CC3CCC(c4ccc(OC(=O)CCCCCCC)c(C)c4)CC3)CC2)CC1.CCCCCCCc1ccc(OCCCCCCOC2CCC(OCCCCOC3CCC(C4CCC(C)CC4)CC3)CC2)cc1.CCCCOCCOC1CCC(C2CCC(c3ccc(-c4ccc(C)cc4)cc3)CC2)CC1. The highest BCUT2D eigenvalue weighted by molar-refractivity contribution is 5.72. The Hall–Kier alpha value is -4.31. The van der Waals surface area contributed by atoms with Gasteiger partial charge >= 0.3 is 5.97 Å². The van der Waals surface area contributed by atoms with Crippen LogP contribution in [0.1, 0.15) is 466 Å². The lowest BCUT2D eigenvalue weighted by molar-refractivity contribution is -0.134. The molecule has 4 aromatic carbocycles. The molecule has 0 spiro atoms. The molecule has 8 heteroatoms. The Balaban J connectivity index is 0.000000202. The summed E-state index contributed by atoms with van der Waals surface area (Å²) in [7, 11) is 0. The van der Waals surface area contributed by atoms with Crippen molar-refractivity contribution in [2.75, 3.05) is 46.2 Å². The number of benzene rings is 4. The van der Waals surface area contributed by atoms with Gasteiger partial charge in [-0.1, -0.05) is 279 Å². The van der Waals surface area contributed by atoms with Crippen LogP contribution >= 0.6 is 0 Å². The fourth-order valence-electron chi connectivity index (χ4n) is 23.8. The Labute approximate surface area is 781 Å². The second-order valence-corrected chi connectivity index (χ2v) is 42.6. The Morgan fingerprint density at radius 1 is 0.331 bits per heavy atom. The van der Waals surface area contributed by atoms with Crippen molar-refractivity contribution in [1.29, 1.82) is 0 Å². The number of hydrogen-bond donors (Lipinski definition) is 0. The van der Waals surface area contributed by atoms with E-state index in [1.165, 1.54) is 349 Å². The van der Waals surface area contributed by atoms with Crippen LogP contribution in [-0.4, -0.2) is 76.6 Å². The maximum atomic E-state index is 12.3. The predicted molar refractivity (Wildman–Crippen MR) is 538 cm³/mol. The van der Waals surface area contributed by atoms with E-state index in [1.807, 2.05) is 6.07 Å². The van der Waals surface area contributed by atoms with Gasteiger partial charge in [0.15, 0.2) is 0 Å². The largest absolute Gasteiger partial charge is 0.494 e. The van der Waals surface area contributed by atoms with Crippen LogP contribution in [0.2, 0.25) is 0 Å². The van der Waals surface area contributed by atoms with Gasteiger partial charge < -0.3 is 33.2 Å². The lowest BCUT2D eigenvalue weighted by Gasteiger charge is -2.38. The molecule has 0 radical (unpaired) electrons. The number of aryl methyl sites for hydroxylation is 3. The number of carbonyl (C=O) groups excluding carboxylic acids is 1. The monoisotopic (exact) mass is 1750 g/mol. The quantitative estimate of drug-likeness (QED) is 0.0187. The molecule has 0 aliphatic heterocycles. The van der Waals surface area contributed by atoms with Gasteiger partial charge in [-0.3, -0.25) is 4.79 Å². The lowest BCUT2D eigenvalue weighted by atomic mass is 9.68. The van der Waals surface area contributed by atoms with Crippen molar-refractivity contribution in [3.05, 3.63) is 131 Å². The van der Waals surface area contributed by atoms with Crippen LogP contribution in [0.3, 0.4) is 0 Å². The van der Waals surface area contributed by atoms with Crippen LogP contribution in [0.15, 0.2) is 103 Å². The van der Waals surface area contributed by atoms with Gasteiger partial charge in [-0.25, -0.2) is 0 Å². The number of esters is 1. The Morgan fingerprint density at radius 3 is 1.23 bits per heavy atom. The highest BCUT2D eigenvalue weighted by Gasteiger charge is 2.35. The van der Waals surface area contributed by atoms with Crippen molar-refractivity contribution in [1.82, 2.24) is 0 Å². The summed E-state index contributed by atoms with van der Waals surface area (Å²) < 4.78 is 42.2. The molecule has 0 atom stereocenters. The molecule has 0 saturated heterocycles. The van der Waals surface area contributed by atoms with Crippen LogP contribution in [0, 0.1) is 73.0 Å². The van der Waals surface area contributed by atoms with Gasteiger partial charge in [-0.05, 0) is 374 Å². The van der Waals surface area contributed by atoms with Gasteiger partial charge in [0.1, 0.15) is 11.5 Å². The van der Waals surface area contributed by atoms with Gasteiger partial charge in [0, 0.05) is 32.8 Å².